The van der Waals surface area contributed by atoms with Gasteiger partial charge in [0.25, 0.3) is 0 Å². The summed E-state index contributed by atoms with van der Waals surface area (Å²) in [6.07, 6.45) is 3.15. The van der Waals surface area contributed by atoms with E-state index in [-0.39, 0.29) is 37.6 Å². The summed E-state index contributed by atoms with van der Waals surface area (Å²) in [6.45, 7) is -0.0142. The topological polar surface area (TPSA) is 123 Å². The Morgan fingerprint density at radius 1 is 1.08 bits per heavy atom. The Kier molecular flexibility index (Phi) is 8.76. The number of rotatable bonds is 10. The van der Waals surface area contributed by atoms with Gasteiger partial charge in [0.1, 0.15) is 0 Å². The van der Waals surface area contributed by atoms with Gasteiger partial charge >= 0.3 is 5.97 Å². The van der Waals surface area contributed by atoms with E-state index in [1.807, 2.05) is 54.2 Å². The zero-order valence-electron chi connectivity index (χ0n) is 19.9. The molecule has 3 aromatic rings. The number of carbonyl (C=O) groups excluding carboxylic acids is 1. The fourth-order valence-electron chi connectivity index (χ4n) is 3.85. The number of aliphatic hydroxyl groups is 1. The van der Waals surface area contributed by atoms with Crippen LogP contribution in [0.2, 0.25) is 0 Å². The van der Waals surface area contributed by atoms with Crippen LogP contribution in [0.3, 0.4) is 0 Å². The number of carbonyl (C=O) groups is 2. The molecule has 1 aliphatic rings. The van der Waals surface area contributed by atoms with Gasteiger partial charge in [0.2, 0.25) is 5.91 Å². The zero-order chi connectivity index (χ0) is 25.5. The number of aliphatic hydroxyl groups excluding tert-OH is 1. The zero-order valence-corrected chi connectivity index (χ0v) is 20.7. The van der Waals surface area contributed by atoms with Crippen LogP contribution in [0, 0.1) is 0 Å². The molecule has 3 atom stereocenters. The van der Waals surface area contributed by atoms with Crippen molar-refractivity contribution in [2.24, 2.45) is 7.05 Å². The molecular weight excluding hydrogens is 482 g/mol. The molecule has 2 aromatic carbocycles. The number of aryl methyl sites for hydroxylation is 1. The Hall–Kier alpha value is -3.18. The van der Waals surface area contributed by atoms with Gasteiger partial charge in [-0.3, -0.25) is 9.59 Å². The van der Waals surface area contributed by atoms with Crippen molar-refractivity contribution < 1.29 is 29.3 Å². The SMILES string of the molecule is Cn1ccnc1SCC1CC(c2ccc(CO)cc2)OC(c2ccc(NC(=O)CCC(=O)O)cc2)O1. The second kappa shape index (κ2) is 12.2. The molecule has 0 aliphatic carbocycles. The predicted molar refractivity (Wildman–Crippen MR) is 134 cm³/mol. The summed E-state index contributed by atoms with van der Waals surface area (Å²) in [5.41, 5.74) is 3.23. The van der Waals surface area contributed by atoms with Crippen LogP contribution in [0.1, 0.15) is 48.3 Å². The Morgan fingerprint density at radius 3 is 2.44 bits per heavy atom. The minimum Gasteiger partial charge on any atom is -0.481 e. The molecule has 1 fully saturated rings. The number of hydrogen-bond donors (Lipinski definition) is 3. The second-order valence-electron chi connectivity index (χ2n) is 8.55. The molecule has 0 spiro atoms. The van der Waals surface area contributed by atoms with E-state index in [2.05, 4.69) is 10.3 Å². The number of carboxylic acid groups (broad SMARTS) is 1. The van der Waals surface area contributed by atoms with E-state index in [0.717, 1.165) is 21.8 Å². The van der Waals surface area contributed by atoms with Gasteiger partial charge in [-0.1, -0.05) is 48.2 Å². The minimum absolute atomic E-state index is 0.0142. The van der Waals surface area contributed by atoms with Gasteiger partial charge < -0.3 is 29.6 Å². The molecule has 3 N–H and O–H groups in total. The van der Waals surface area contributed by atoms with Crippen LogP contribution in [0.5, 0.6) is 0 Å². The summed E-state index contributed by atoms with van der Waals surface area (Å²) in [4.78, 5) is 27.0. The maximum Gasteiger partial charge on any atom is 0.303 e. The highest BCUT2D eigenvalue weighted by Gasteiger charge is 2.32. The average Bonchev–Trinajstić information content (AvgIpc) is 3.31. The van der Waals surface area contributed by atoms with Crippen molar-refractivity contribution in [2.75, 3.05) is 11.1 Å². The van der Waals surface area contributed by atoms with Crippen molar-refractivity contribution >= 4 is 29.3 Å². The lowest BCUT2D eigenvalue weighted by Crippen LogP contribution is -2.31. The summed E-state index contributed by atoms with van der Waals surface area (Å²) in [5, 5.41) is 21.7. The van der Waals surface area contributed by atoms with Crippen LogP contribution in [-0.2, 0) is 32.7 Å². The van der Waals surface area contributed by atoms with Crippen LogP contribution >= 0.6 is 11.8 Å². The van der Waals surface area contributed by atoms with Crippen molar-refractivity contribution in [1.29, 1.82) is 0 Å². The van der Waals surface area contributed by atoms with E-state index in [4.69, 9.17) is 14.6 Å². The van der Waals surface area contributed by atoms with Crippen molar-refractivity contribution in [1.82, 2.24) is 9.55 Å². The first-order valence-corrected chi connectivity index (χ1v) is 12.6. The Labute approximate surface area is 213 Å². The fraction of sp³-hybridized carbons (Fsp3) is 0.346. The van der Waals surface area contributed by atoms with E-state index in [1.165, 1.54) is 0 Å². The van der Waals surface area contributed by atoms with E-state index >= 15 is 0 Å². The van der Waals surface area contributed by atoms with E-state index in [0.29, 0.717) is 17.9 Å². The number of nitrogens with one attached hydrogen (secondary N) is 1. The monoisotopic (exact) mass is 511 g/mol. The first-order chi connectivity index (χ1) is 17.4. The van der Waals surface area contributed by atoms with Crippen molar-refractivity contribution in [3.05, 3.63) is 77.6 Å². The number of thioether (sulfide) groups is 1. The average molecular weight is 512 g/mol. The maximum absolute atomic E-state index is 11.9. The first-order valence-electron chi connectivity index (χ1n) is 11.6. The number of ether oxygens (including phenoxy) is 2. The number of nitrogens with zero attached hydrogens (tertiary/aromatic N) is 2. The Bertz CT molecular complexity index is 1170. The molecule has 1 amide bonds. The van der Waals surface area contributed by atoms with Crippen molar-refractivity contribution in [2.45, 2.75) is 49.5 Å². The van der Waals surface area contributed by atoms with Crippen LogP contribution in [0.4, 0.5) is 5.69 Å². The van der Waals surface area contributed by atoms with Gasteiger partial charge in [-0.2, -0.15) is 0 Å². The number of aromatic nitrogens is 2. The highest BCUT2D eigenvalue weighted by Crippen LogP contribution is 2.39. The molecule has 2 heterocycles. The number of imidazole rings is 1. The van der Waals surface area contributed by atoms with Gasteiger partial charge in [0, 0.05) is 49.3 Å². The molecule has 190 valence electrons. The molecule has 1 aromatic heterocycles. The third-order valence-electron chi connectivity index (χ3n) is 5.82. The number of anilines is 1. The summed E-state index contributed by atoms with van der Waals surface area (Å²) < 4.78 is 14.6. The second-order valence-corrected chi connectivity index (χ2v) is 9.53. The smallest absolute Gasteiger partial charge is 0.303 e. The molecule has 10 heteroatoms. The number of hydrogen-bond acceptors (Lipinski definition) is 7. The van der Waals surface area contributed by atoms with Crippen molar-refractivity contribution in [3.63, 3.8) is 0 Å². The van der Waals surface area contributed by atoms with Gasteiger partial charge in [-0.15, -0.1) is 0 Å². The molecule has 36 heavy (non-hydrogen) atoms. The van der Waals surface area contributed by atoms with Crippen LogP contribution in [0.15, 0.2) is 66.1 Å². The van der Waals surface area contributed by atoms with E-state index in [1.54, 1.807) is 30.1 Å². The van der Waals surface area contributed by atoms with Crippen LogP contribution < -0.4 is 5.32 Å². The molecule has 1 aliphatic heterocycles. The van der Waals surface area contributed by atoms with E-state index in [9.17, 15) is 14.7 Å². The van der Waals surface area contributed by atoms with Gasteiger partial charge in [-0.05, 0) is 23.3 Å². The third-order valence-corrected chi connectivity index (χ3v) is 7.01. The van der Waals surface area contributed by atoms with Gasteiger partial charge in [0.05, 0.1) is 25.2 Å². The summed E-state index contributed by atoms with van der Waals surface area (Å²) in [6, 6.07) is 14.9. The first kappa shape index (κ1) is 25.9. The highest BCUT2D eigenvalue weighted by atomic mass is 32.2. The fourth-order valence-corrected chi connectivity index (χ4v) is 4.80. The third kappa shape index (κ3) is 6.94. The van der Waals surface area contributed by atoms with Crippen molar-refractivity contribution in [3.8, 4) is 0 Å². The Morgan fingerprint density at radius 2 is 1.81 bits per heavy atom. The predicted octanol–water partition coefficient (Wildman–Crippen LogP) is 4.05. The highest BCUT2D eigenvalue weighted by molar-refractivity contribution is 7.99. The van der Waals surface area contributed by atoms with Crippen LogP contribution in [0.25, 0.3) is 0 Å². The quantitative estimate of drug-likeness (QED) is 0.349. The lowest BCUT2D eigenvalue weighted by Gasteiger charge is -2.36. The number of benzene rings is 2. The number of aliphatic carboxylic acids is 1. The molecular formula is C26H29N3O6S. The van der Waals surface area contributed by atoms with Gasteiger partial charge in [0.15, 0.2) is 11.4 Å². The molecule has 9 nitrogen and oxygen atoms in total. The maximum atomic E-state index is 11.9. The minimum atomic E-state index is -1.01. The largest absolute Gasteiger partial charge is 0.481 e. The van der Waals surface area contributed by atoms with Crippen LogP contribution in [-0.4, -0.2) is 43.5 Å². The van der Waals surface area contributed by atoms with E-state index < -0.39 is 12.3 Å². The summed E-state index contributed by atoms with van der Waals surface area (Å²) >= 11 is 1.63. The summed E-state index contributed by atoms with van der Waals surface area (Å²) in [7, 11) is 1.95. The lowest BCUT2D eigenvalue weighted by atomic mass is 10.0. The number of carboxylic acids is 1. The molecule has 0 bridgehead atoms. The Balaban J connectivity index is 1.47. The lowest BCUT2D eigenvalue weighted by molar-refractivity contribution is -0.245. The molecule has 3 unspecified atom stereocenters. The molecule has 4 rings (SSSR count). The standard InChI is InChI=1S/C26H29N3O6S/c1-29-13-12-27-26(29)36-16-21-14-22(18-4-2-17(15-30)3-5-18)35-25(34-21)19-6-8-20(9-7-19)28-23(31)10-11-24(32)33/h2-9,12-13,21-22,25,30H,10-11,14-16H2,1H3,(H,28,31)(H,32,33). The molecule has 1 saturated heterocycles. The summed E-state index contributed by atoms with van der Waals surface area (Å²) in [5.74, 6) is -0.662. The molecule has 0 radical (unpaired) electrons. The number of amides is 1. The normalized spacial score (nSPS) is 19.7. The molecule has 0 saturated carbocycles. The van der Waals surface area contributed by atoms with Gasteiger partial charge in [-0.25, -0.2) is 4.98 Å².